The molecule has 1 aromatic rings. The number of thioether (sulfide) groups is 1. The number of methoxy groups -OCH3 is 1. The van der Waals surface area contributed by atoms with E-state index in [0.717, 1.165) is 30.3 Å². The topological polar surface area (TPSA) is 42.3 Å². The molecule has 0 amide bonds. The van der Waals surface area contributed by atoms with Crippen molar-refractivity contribution in [2.75, 3.05) is 46.8 Å². The molecule has 0 aliphatic rings. The molecule has 18 heavy (non-hydrogen) atoms. The summed E-state index contributed by atoms with van der Waals surface area (Å²) in [5.74, 6) is 1.86. The van der Waals surface area contributed by atoms with Crippen LogP contribution in [0.25, 0.3) is 0 Å². The monoisotopic (exact) mass is 272 g/mol. The Morgan fingerprint density at radius 1 is 1.56 bits per heavy atom. The maximum Gasteiger partial charge on any atom is 0.161 e. The molecule has 0 radical (unpaired) electrons. The summed E-state index contributed by atoms with van der Waals surface area (Å²) in [4.78, 5) is 2.15. The minimum atomic E-state index is 0.264. The summed E-state index contributed by atoms with van der Waals surface area (Å²) in [6.45, 7) is 1.84. The van der Waals surface area contributed by atoms with Crippen LogP contribution in [0.15, 0.2) is 6.20 Å². The first-order valence-corrected chi connectivity index (χ1v) is 7.44. The van der Waals surface area contributed by atoms with Gasteiger partial charge in [0.2, 0.25) is 0 Å². The second kappa shape index (κ2) is 7.66. The summed E-state index contributed by atoms with van der Waals surface area (Å²) in [5.41, 5.74) is 1.14. The summed E-state index contributed by atoms with van der Waals surface area (Å²) in [7, 11) is 7.81. The van der Waals surface area contributed by atoms with Crippen molar-refractivity contribution in [2.45, 2.75) is 12.6 Å². The van der Waals surface area contributed by atoms with Crippen LogP contribution in [0, 0.1) is 0 Å². The first kappa shape index (κ1) is 15.3. The fourth-order valence-electron chi connectivity index (χ4n) is 1.83. The quantitative estimate of drug-likeness (QED) is 0.767. The van der Waals surface area contributed by atoms with E-state index in [1.165, 1.54) is 0 Å². The minimum Gasteiger partial charge on any atom is -0.493 e. The maximum absolute atomic E-state index is 5.42. The summed E-state index contributed by atoms with van der Waals surface area (Å²) in [6.07, 6.45) is 3.91. The van der Waals surface area contributed by atoms with Gasteiger partial charge in [0.05, 0.1) is 31.6 Å². The van der Waals surface area contributed by atoms with Gasteiger partial charge in [0.15, 0.2) is 5.75 Å². The molecule has 0 bridgehead atoms. The molecular weight excluding hydrogens is 248 g/mol. The third-order valence-corrected chi connectivity index (χ3v) is 3.50. The standard InChI is InChI=1S/C12H24N4OS/c1-13-10(9-18-5)12-11(17-4)8-14-16(12)7-6-15(2)3/h8,10,13H,6-7,9H2,1-5H3. The van der Waals surface area contributed by atoms with Crippen molar-refractivity contribution in [1.29, 1.82) is 0 Å². The van der Waals surface area contributed by atoms with Gasteiger partial charge in [-0.2, -0.15) is 16.9 Å². The van der Waals surface area contributed by atoms with Crippen LogP contribution < -0.4 is 10.1 Å². The highest BCUT2D eigenvalue weighted by Crippen LogP contribution is 2.26. The van der Waals surface area contributed by atoms with E-state index in [1.54, 1.807) is 13.3 Å². The van der Waals surface area contributed by atoms with Gasteiger partial charge in [0.25, 0.3) is 0 Å². The molecule has 0 fully saturated rings. The number of ether oxygens (including phenoxy) is 1. The summed E-state index contributed by atoms with van der Waals surface area (Å²) >= 11 is 1.82. The number of hydrogen-bond acceptors (Lipinski definition) is 5. The van der Waals surface area contributed by atoms with Gasteiger partial charge in [-0.05, 0) is 27.4 Å². The van der Waals surface area contributed by atoms with E-state index in [9.17, 15) is 0 Å². The van der Waals surface area contributed by atoms with Gasteiger partial charge in [-0.15, -0.1) is 0 Å². The number of aromatic nitrogens is 2. The predicted octanol–water partition coefficient (Wildman–Crippen LogP) is 1.08. The molecule has 0 aromatic carbocycles. The van der Waals surface area contributed by atoms with Crippen molar-refractivity contribution in [3.63, 3.8) is 0 Å². The van der Waals surface area contributed by atoms with E-state index in [1.807, 2.05) is 23.5 Å². The SMILES string of the molecule is CNC(CSC)c1c(OC)cnn1CCN(C)C. The van der Waals surface area contributed by atoms with Gasteiger partial charge in [-0.1, -0.05) is 0 Å². The molecule has 1 heterocycles. The zero-order chi connectivity index (χ0) is 13.5. The molecule has 1 aromatic heterocycles. The van der Waals surface area contributed by atoms with Crippen molar-refractivity contribution in [3.05, 3.63) is 11.9 Å². The first-order chi connectivity index (χ1) is 8.63. The third-order valence-electron chi connectivity index (χ3n) is 2.84. The molecule has 104 valence electrons. The minimum absolute atomic E-state index is 0.264. The van der Waals surface area contributed by atoms with Crippen LogP contribution in [0.3, 0.4) is 0 Å². The van der Waals surface area contributed by atoms with Gasteiger partial charge in [-0.25, -0.2) is 0 Å². The Labute approximate surface area is 114 Å². The van der Waals surface area contributed by atoms with E-state index >= 15 is 0 Å². The lowest BCUT2D eigenvalue weighted by molar-refractivity contribution is 0.359. The Bertz CT molecular complexity index is 354. The zero-order valence-corrected chi connectivity index (χ0v) is 12.8. The molecule has 0 aliphatic heterocycles. The Balaban J connectivity index is 2.92. The average molecular weight is 272 g/mol. The molecule has 0 aliphatic carbocycles. The van der Waals surface area contributed by atoms with E-state index < -0.39 is 0 Å². The van der Waals surface area contributed by atoms with Gasteiger partial charge in [0.1, 0.15) is 0 Å². The summed E-state index contributed by atoms with van der Waals surface area (Å²) in [5, 5.41) is 7.76. The first-order valence-electron chi connectivity index (χ1n) is 6.04. The molecule has 5 nitrogen and oxygen atoms in total. The van der Waals surface area contributed by atoms with Crippen LogP contribution in [0.4, 0.5) is 0 Å². The van der Waals surface area contributed by atoms with Gasteiger partial charge >= 0.3 is 0 Å². The number of nitrogens with zero attached hydrogens (tertiary/aromatic N) is 3. The number of nitrogens with one attached hydrogen (secondary N) is 1. The van der Waals surface area contributed by atoms with Crippen molar-refractivity contribution in [2.24, 2.45) is 0 Å². The third kappa shape index (κ3) is 3.90. The fraction of sp³-hybridized carbons (Fsp3) is 0.750. The molecule has 0 saturated carbocycles. The van der Waals surface area contributed by atoms with Crippen molar-refractivity contribution in [3.8, 4) is 5.75 Å². The second-order valence-corrected chi connectivity index (χ2v) is 5.33. The number of hydrogen-bond donors (Lipinski definition) is 1. The molecule has 0 saturated heterocycles. The van der Waals surface area contributed by atoms with Crippen molar-refractivity contribution in [1.82, 2.24) is 20.0 Å². The van der Waals surface area contributed by atoms with Crippen LogP contribution in [-0.4, -0.2) is 61.5 Å². The molecule has 1 unspecified atom stereocenters. The van der Waals surface area contributed by atoms with Gasteiger partial charge < -0.3 is 15.0 Å². The van der Waals surface area contributed by atoms with Crippen molar-refractivity contribution < 1.29 is 4.74 Å². The fourth-order valence-corrected chi connectivity index (χ4v) is 2.48. The smallest absolute Gasteiger partial charge is 0.161 e. The molecule has 1 rings (SSSR count). The Hall–Kier alpha value is -0.720. The number of rotatable bonds is 8. The average Bonchev–Trinajstić information content (AvgIpc) is 2.76. The predicted molar refractivity (Wildman–Crippen MR) is 77.5 cm³/mol. The highest BCUT2D eigenvalue weighted by molar-refractivity contribution is 7.98. The zero-order valence-electron chi connectivity index (χ0n) is 11.9. The van der Waals surface area contributed by atoms with E-state index in [2.05, 4.69) is 35.7 Å². The normalized spacial score (nSPS) is 13.0. The highest BCUT2D eigenvalue weighted by Gasteiger charge is 2.20. The lowest BCUT2D eigenvalue weighted by Gasteiger charge is -2.19. The van der Waals surface area contributed by atoms with Crippen LogP contribution in [-0.2, 0) is 6.54 Å². The lowest BCUT2D eigenvalue weighted by atomic mass is 10.2. The van der Waals surface area contributed by atoms with Crippen LogP contribution >= 0.6 is 11.8 Å². The largest absolute Gasteiger partial charge is 0.493 e. The second-order valence-electron chi connectivity index (χ2n) is 4.42. The Kier molecular flexibility index (Phi) is 6.52. The Morgan fingerprint density at radius 3 is 2.78 bits per heavy atom. The lowest BCUT2D eigenvalue weighted by Crippen LogP contribution is -2.26. The van der Waals surface area contributed by atoms with Crippen molar-refractivity contribution >= 4 is 11.8 Å². The van der Waals surface area contributed by atoms with E-state index in [4.69, 9.17) is 4.74 Å². The van der Waals surface area contributed by atoms with Crippen LogP contribution in [0.1, 0.15) is 11.7 Å². The summed E-state index contributed by atoms with van der Waals surface area (Å²) in [6, 6.07) is 0.264. The molecule has 1 atom stereocenters. The molecule has 6 heteroatoms. The molecule has 1 N–H and O–H groups in total. The van der Waals surface area contributed by atoms with E-state index in [-0.39, 0.29) is 6.04 Å². The van der Waals surface area contributed by atoms with Crippen LogP contribution in [0.5, 0.6) is 5.75 Å². The van der Waals surface area contributed by atoms with E-state index in [0.29, 0.717) is 0 Å². The summed E-state index contributed by atoms with van der Waals surface area (Å²) < 4.78 is 7.45. The Morgan fingerprint density at radius 2 is 2.28 bits per heavy atom. The highest BCUT2D eigenvalue weighted by atomic mass is 32.2. The van der Waals surface area contributed by atoms with Gasteiger partial charge in [-0.3, -0.25) is 4.68 Å². The van der Waals surface area contributed by atoms with Crippen LogP contribution in [0.2, 0.25) is 0 Å². The van der Waals surface area contributed by atoms with Gasteiger partial charge in [0, 0.05) is 12.3 Å². The molecular formula is C12H24N4OS. The number of likely N-dealkylation sites (N-methyl/N-ethyl adjacent to an activating group) is 1. The maximum atomic E-state index is 5.42. The molecule has 0 spiro atoms.